The van der Waals surface area contributed by atoms with Crippen molar-refractivity contribution in [1.82, 2.24) is 5.32 Å². The first-order valence-corrected chi connectivity index (χ1v) is 6.84. The highest BCUT2D eigenvalue weighted by Crippen LogP contribution is 2.19. The quantitative estimate of drug-likeness (QED) is 0.856. The predicted molar refractivity (Wildman–Crippen MR) is 76.1 cm³/mol. The van der Waals surface area contributed by atoms with Crippen LogP contribution in [0.15, 0.2) is 24.3 Å². The molecule has 104 valence electrons. The lowest BCUT2D eigenvalue weighted by atomic mass is 10.1. The molecule has 0 aliphatic carbocycles. The van der Waals surface area contributed by atoms with Gasteiger partial charge in [-0.15, -0.1) is 0 Å². The summed E-state index contributed by atoms with van der Waals surface area (Å²) in [5.74, 6) is 0.585. The highest BCUT2D eigenvalue weighted by molar-refractivity contribution is 5.88. The summed E-state index contributed by atoms with van der Waals surface area (Å²) in [6.45, 7) is 6.40. The second-order valence-corrected chi connectivity index (χ2v) is 5.17. The maximum atomic E-state index is 11.1. The third-order valence-electron chi connectivity index (χ3n) is 3.44. The molecule has 2 N–H and O–H groups in total. The Morgan fingerprint density at radius 1 is 1.53 bits per heavy atom. The number of nitrogens with one attached hydrogen (secondary N) is 2. The van der Waals surface area contributed by atoms with E-state index in [2.05, 4.69) is 23.6 Å². The number of hydrogen-bond acceptors (Lipinski definition) is 3. The van der Waals surface area contributed by atoms with Crippen molar-refractivity contribution in [2.45, 2.75) is 26.3 Å². The zero-order chi connectivity index (χ0) is 13.7. The van der Waals surface area contributed by atoms with Crippen LogP contribution < -0.4 is 10.6 Å². The molecule has 2 rings (SSSR count). The molecule has 1 heterocycles. The summed E-state index contributed by atoms with van der Waals surface area (Å²) in [6.07, 6.45) is 1.14. The molecule has 1 aromatic rings. The Bertz CT molecular complexity index is 428. The highest BCUT2D eigenvalue weighted by Gasteiger charge is 2.16. The highest BCUT2D eigenvalue weighted by atomic mass is 16.5. The van der Waals surface area contributed by atoms with Gasteiger partial charge in [0.1, 0.15) is 0 Å². The van der Waals surface area contributed by atoms with Crippen LogP contribution in [-0.4, -0.2) is 25.7 Å². The second-order valence-electron chi connectivity index (χ2n) is 5.17. The molecule has 1 amide bonds. The molecule has 0 aromatic heterocycles. The number of carbonyl (C=O) groups excluding carboxylic acids is 1. The molecule has 1 fully saturated rings. The number of carbonyl (C=O) groups is 1. The minimum atomic E-state index is -0.0409. The van der Waals surface area contributed by atoms with Crippen molar-refractivity contribution in [3.63, 3.8) is 0 Å². The molecule has 1 aliphatic heterocycles. The average Bonchev–Trinajstić information content (AvgIpc) is 2.88. The average molecular weight is 262 g/mol. The van der Waals surface area contributed by atoms with Crippen LogP contribution >= 0.6 is 0 Å². The monoisotopic (exact) mass is 262 g/mol. The standard InChI is InChI=1S/C15H22N2O2/c1-11(16-9-13-6-7-19-10-13)14-4-3-5-15(8-14)17-12(2)18/h3-5,8,11,13,16H,6-7,9-10H2,1-2H3,(H,17,18). The lowest BCUT2D eigenvalue weighted by Gasteiger charge is -2.17. The van der Waals surface area contributed by atoms with Gasteiger partial charge in [0.05, 0.1) is 6.61 Å². The zero-order valence-electron chi connectivity index (χ0n) is 11.6. The first kappa shape index (κ1) is 14.0. The van der Waals surface area contributed by atoms with Gasteiger partial charge in [-0.25, -0.2) is 0 Å². The fourth-order valence-electron chi connectivity index (χ4n) is 2.29. The van der Waals surface area contributed by atoms with E-state index >= 15 is 0 Å². The lowest BCUT2D eigenvalue weighted by molar-refractivity contribution is -0.114. The number of rotatable bonds is 5. The molecule has 1 saturated heterocycles. The van der Waals surface area contributed by atoms with Crippen LogP contribution in [0, 0.1) is 5.92 Å². The predicted octanol–water partition coefficient (Wildman–Crippen LogP) is 2.33. The molecule has 0 spiro atoms. The summed E-state index contributed by atoms with van der Waals surface area (Å²) < 4.78 is 5.37. The van der Waals surface area contributed by atoms with Crippen molar-refractivity contribution in [3.8, 4) is 0 Å². The van der Waals surface area contributed by atoms with E-state index in [1.165, 1.54) is 12.5 Å². The van der Waals surface area contributed by atoms with Crippen molar-refractivity contribution < 1.29 is 9.53 Å². The number of benzene rings is 1. The zero-order valence-corrected chi connectivity index (χ0v) is 11.6. The van der Waals surface area contributed by atoms with Crippen molar-refractivity contribution in [2.75, 3.05) is 25.1 Å². The maximum Gasteiger partial charge on any atom is 0.221 e. The van der Waals surface area contributed by atoms with Crippen LogP contribution in [0.1, 0.15) is 31.9 Å². The van der Waals surface area contributed by atoms with E-state index in [9.17, 15) is 4.79 Å². The normalized spacial score (nSPS) is 20.2. The van der Waals surface area contributed by atoms with Crippen LogP contribution in [0.25, 0.3) is 0 Å². The molecule has 4 heteroatoms. The summed E-state index contributed by atoms with van der Waals surface area (Å²) >= 11 is 0. The van der Waals surface area contributed by atoms with Gasteiger partial charge >= 0.3 is 0 Å². The molecule has 2 unspecified atom stereocenters. The van der Waals surface area contributed by atoms with Crippen LogP contribution in [0.3, 0.4) is 0 Å². The minimum Gasteiger partial charge on any atom is -0.381 e. The third kappa shape index (κ3) is 4.33. The summed E-state index contributed by atoms with van der Waals surface area (Å²) in [6, 6.07) is 8.24. The van der Waals surface area contributed by atoms with Crippen molar-refractivity contribution in [3.05, 3.63) is 29.8 Å². The van der Waals surface area contributed by atoms with Gasteiger partial charge in [-0.2, -0.15) is 0 Å². The minimum absolute atomic E-state index is 0.0409. The van der Waals surface area contributed by atoms with Gasteiger partial charge in [-0.3, -0.25) is 4.79 Å². The Kier molecular flexibility index (Phi) is 4.93. The first-order chi connectivity index (χ1) is 9.15. The first-order valence-electron chi connectivity index (χ1n) is 6.84. The van der Waals surface area contributed by atoms with E-state index in [-0.39, 0.29) is 11.9 Å². The van der Waals surface area contributed by atoms with Gasteiger partial charge in [0.25, 0.3) is 0 Å². The third-order valence-corrected chi connectivity index (χ3v) is 3.44. The van der Waals surface area contributed by atoms with Crippen LogP contribution in [0.5, 0.6) is 0 Å². The van der Waals surface area contributed by atoms with E-state index in [0.29, 0.717) is 5.92 Å². The Morgan fingerprint density at radius 3 is 3.05 bits per heavy atom. The number of hydrogen-bond donors (Lipinski definition) is 2. The summed E-state index contributed by atoms with van der Waals surface area (Å²) in [4.78, 5) is 11.1. The van der Waals surface area contributed by atoms with Crippen molar-refractivity contribution >= 4 is 11.6 Å². The summed E-state index contributed by atoms with van der Waals surface area (Å²) in [5.41, 5.74) is 2.04. The van der Waals surface area contributed by atoms with Crippen LogP contribution in [0.4, 0.5) is 5.69 Å². The summed E-state index contributed by atoms with van der Waals surface area (Å²) in [7, 11) is 0. The maximum absolute atomic E-state index is 11.1. The lowest BCUT2D eigenvalue weighted by Crippen LogP contribution is -2.26. The Morgan fingerprint density at radius 2 is 2.37 bits per heavy atom. The van der Waals surface area contributed by atoms with Gasteiger partial charge in [-0.05, 0) is 37.0 Å². The van der Waals surface area contributed by atoms with Gasteiger partial charge in [-0.1, -0.05) is 12.1 Å². The van der Waals surface area contributed by atoms with Gasteiger partial charge < -0.3 is 15.4 Å². The van der Waals surface area contributed by atoms with Crippen molar-refractivity contribution in [1.29, 1.82) is 0 Å². The Hall–Kier alpha value is -1.39. The molecule has 19 heavy (non-hydrogen) atoms. The van der Waals surface area contributed by atoms with Gasteiger partial charge in [0.2, 0.25) is 5.91 Å². The van der Waals surface area contributed by atoms with E-state index in [0.717, 1.165) is 31.9 Å². The second kappa shape index (κ2) is 6.68. The molecular weight excluding hydrogens is 240 g/mol. The van der Waals surface area contributed by atoms with E-state index < -0.39 is 0 Å². The molecule has 4 nitrogen and oxygen atoms in total. The molecule has 1 aliphatic rings. The molecule has 0 radical (unpaired) electrons. The van der Waals surface area contributed by atoms with Gasteiger partial charge in [0, 0.05) is 31.8 Å². The summed E-state index contributed by atoms with van der Waals surface area (Å²) in [5, 5.41) is 6.34. The fourth-order valence-corrected chi connectivity index (χ4v) is 2.29. The van der Waals surface area contributed by atoms with E-state index in [1.54, 1.807) is 0 Å². The topological polar surface area (TPSA) is 50.4 Å². The van der Waals surface area contributed by atoms with E-state index in [4.69, 9.17) is 4.74 Å². The molecule has 2 atom stereocenters. The molecule has 0 saturated carbocycles. The molecule has 0 bridgehead atoms. The fraction of sp³-hybridized carbons (Fsp3) is 0.533. The Balaban J connectivity index is 1.90. The molecule has 1 aromatic carbocycles. The van der Waals surface area contributed by atoms with Gasteiger partial charge in [0.15, 0.2) is 0 Å². The largest absolute Gasteiger partial charge is 0.381 e. The van der Waals surface area contributed by atoms with Crippen LogP contribution in [-0.2, 0) is 9.53 Å². The number of amides is 1. The SMILES string of the molecule is CC(=O)Nc1cccc(C(C)NCC2CCOC2)c1. The molecular formula is C15H22N2O2. The number of ether oxygens (including phenoxy) is 1. The van der Waals surface area contributed by atoms with E-state index in [1.807, 2.05) is 18.2 Å². The van der Waals surface area contributed by atoms with Crippen LogP contribution in [0.2, 0.25) is 0 Å². The number of anilines is 1. The van der Waals surface area contributed by atoms with Crippen molar-refractivity contribution in [2.24, 2.45) is 5.92 Å². The smallest absolute Gasteiger partial charge is 0.221 e. The Labute approximate surface area is 114 Å².